The van der Waals surface area contributed by atoms with Crippen LogP contribution in [0.2, 0.25) is 0 Å². The van der Waals surface area contributed by atoms with E-state index in [1.165, 1.54) is 23.7 Å². The number of amides is 1. The lowest BCUT2D eigenvalue weighted by atomic mass is 9.64. The van der Waals surface area contributed by atoms with Crippen LogP contribution in [0.5, 0.6) is 5.75 Å². The van der Waals surface area contributed by atoms with Crippen molar-refractivity contribution in [3.63, 3.8) is 0 Å². The largest absolute Gasteiger partial charge is 0.508 e. The van der Waals surface area contributed by atoms with Gasteiger partial charge in [0.2, 0.25) is 5.91 Å². The molecule has 3 saturated heterocycles. The van der Waals surface area contributed by atoms with Crippen molar-refractivity contribution in [2.75, 3.05) is 58.3 Å². The number of likely N-dealkylation sites (N-methyl/N-ethyl adjacent to an activating group) is 2. The number of hydrogen-bond acceptors (Lipinski definition) is 9. The zero-order valence-electron chi connectivity index (χ0n) is 24.5. The molecule has 4 fully saturated rings. The number of piperazine rings is 1. The minimum atomic E-state index is -0.282. The minimum absolute atomic E-state index is 0.0203. The fourth-order valence-corrected chi connectivity index (χ4v) is 8.38. The van der Waals surface area contributed by atoms with Crippen LogP contribution in [0.15, 0.2) is 30.9 Å². The molecule has 41 heavy (non-hydrogen) atoms. The Morgan fingerprint density at radius 3 is 2.85 bits per heavy atom. The fraction of sp³-hybridized carbons (Fsp3) is 0.677. The lowest BCUT2D eigenvalue weighted by Gasteiger charge is -2.55. The molecule has 3 N–H and O–H groups in total. The van der Waals surface area contributed by atoms with Gasteiger partial charge >= 0.3 is 0 Å². The van der Waals surface area contributed by atoms with E-state index < -0.39 is 0 Å². The molecule has 10 heteroatoms. The summed E-state index contributed by atoms with van der Waals surface area (Å²) in [4.78, 5) is 21.5. The molecule has 4 aliphatic heterocycles. The smallest absolute Gasteiger partial charge is 0.246 e. The second-order valence-electron chi connectivity index (χ2n) is 12.9. The molecule has 4 heterocycles. The monoisotopic (exact) mass is 563 g/mol. The molecule has 1 aromatic rings. The minimum Gasteiger partial charge on any atom is -0.508 e. The van der Waals surface area contributed by atoms with Gasteiger partial charge in [-0.15, -0.1) is 0 Å². The summed E-state index contributed by atoms with van der Waals surface area (Å²) in [5.74, 6) is 0.578. The Morgan fingerprint density at radius 2 is 2.10 bits per heavy atom. The second kappa shape index (κ2) is 11.5. The van der Waals surface area contributed by atoms with Gasteiger partial charge in [0.1, 0.15) is 5.75 Å². The molecule has 1 amide bonds. The fourth-order valence-electron chi connectivity index (χ4n) is 8.38. The van der Waals surface area contributed by atoms with E-state index in [4.69, 9.17) is 4.74 Å². The predicted octanol–water partition coefficient (Wildman–Crippen LogP) is 1.77. The third-order valence-corrected chi connectivity index (χ3v) is 10.5. The number of ether oxygens (including phenoxy) is 1. The van der Waals surface area contributed by atoms with Crippen molar-refractivity contribution >= 4 is 11.6 Å². The lowest BCUT2D eigenvalue weighted by Crippen LogP contribution is -2.72. The average Bonchev–Trinajstić information content (AvgIpc) is 3.50. The Labute approximate surface area is 243 Å². The summed E-state index contributed by atoms with van der Waals surface area (Å²) in [7, 11) is 4.33. The van der Waals surface area contributed by atoms with Crippen molar-refractivity contribution in [3.05, 3.63) is 36.4 Å². The van der Waals surface area contributed by atoms with Crippen molar-refractivity contribution in [2.45, 2.75) is 74.6 Å². The summed E-state index contributed by atoms with van der Waals surface area (Å²) in [6.45, 7) is 8.38. The Balaban J connectivity index is 1.24. The zero-order valence-corrected chi connectivity index (χ0v) is 24.5. The number of likely N-dealkylation sites (tertiary alicyclic amines) is 1. The molecule has 7 atom stereocenters. The van der Waals surface area contributed by atoms with Gasteiger partial charge in [0.05, 0.1) is 31.3 Å². The van der Waals surface area contributed by atoms with Gasteiger partial charge in [-0.25, -0.2) is 0 Å². The van der Waals surface area contributed by atoms with E-state index in [0.29, 0.717) is 43.8 Å². The van der Waals surface area contributed by atoms with Gasteiger partial charge in [0.15, 0.2) is 6.35 Å². The van der Waals surface area contributed by atoms with Crippen LogP contribution in [0.3, 0.4) is 0 Å². The first-order valence-electron chi connectivity index (χ1n) is 15.2. The van der Waals surface area contributed by atoms with Gasteiger partial charge in [-0.3, -0.25) is 20.3 Å². The molecule has 6 rings (SSSR count). The lowest BCUT2D eigenvalue weighted by molar-refractivity contribution is -0.136. The van der Waals surface area contributed by atoms with E-state index in [1.807, 2.05) is 17.0 Å². The highest BCUT2D eigenvalue weighted by atomic mass is 16.5. The van der Waals surface area contributed by atoms with Crippen molar-refractivity contribution in [3.8, 4) is 11.8 Å². The number of carbonyl (C=O) groups is 1. The highest BCUT2D eigenvalue weighted by Crippen LogP contribution is 2.52. The van der Waals surface area contributed by atoms with Crippen LogP contribution in [0, 0.1) is 17.2 Å². The molecule has 1 spiro atoms. The third kappa shape index (κ3) is 5.35. The van der Waals surface area contributed by atoms with Gasteiger partial charge in [-0.1, -0.05) is 6.58 Å². The van der Waals surface area contributed by atoms with E-state index in [2.05, 4.69) is 52.1 Å². The summed E-state index contributed by atoms with van der Waals surface area (Å²) in [5, 5.41) is 27.6. The molecule has 5 aliphatic rings. The van der Waals surface area contributed by atoms with Crippen LogP contribution in [0.1, 0.15) is 44.1 Å². The summed E-state index contributed by atoms with van der Waals surface area (Å²) >= 11 is 0. The Bertz CT molecular complexity index is 1190. The number of anilines is 1. The molecule has 4 unspecified atom stereocenters. The van der Waals surface area contributed by atoms with Crippen LogP contribution < -0.4 is 15.5 Å². The molecular weight excluding hydrogens is 518 g/mol. The van der Waals surface area contributed by atoms with E-state index in [9.17, 15) is 15.2 Å². The van der Waals surface area contributed by atoms with Crippen LogP contribution in [-0.4, -0.2) is 110 Å². The van der Waals surface area contributed by atoms with Gasteiger partial charge in [-0.05, 0) is 75.5 Å². The third-order valence-electron chi connectivity index (χ3n) is 10.5. The normalized spacial score (nSPS) is 35.7. The van der Waals surface area contributed by atoms with Crippen molar-refractivity contribution < 1.29 is 14.6 Å². The molecule has 1 aromatic carbocycles. The average molecular weight is 564 g/mol. The van der Waals surface area contributed by atoms with E-state index in [0.717, 1.165) is 45.3 Å². The molecular formula is C31H45N7O3. The first kappa shape index (κ1) is 28.4. The zero-order chi connectivity index (χ0) is 28.7. The van der Waals surface area contributed by atoms with Crippen molar-refractivity contribution in [1.82, 2.24) is 25.3 Å². The van der Waals surface area contributed by atoms with Gasteiger partial charge in [0.25, 0.3) is 0 Å². The van der Waals surface area contributed by atoms with Crippen LogP contribution in [0.25, 0.3) is 0 Å². The first-order valence-corrected chi connectivity index (χ1v) is 15.2. The Morgan fingerprint density at radius 1 is 1.24 bits per heavy atom. The summed E-state index contributed by atoms with van der Waals surface area (Å²) in [5.41, 5.74) is 2.45. The molecule has 10 nitrogen and oxygen atoms in total. The number of fused-ring (bicyclic) bond motifs is 3. The maximum atomic E-state index is 12.6. The molecule has 0 aromatic heterocycles. The number of benzene rings is 1. The van der Waals surface area contributed by atoms with E-state index >= 15 is 0 Å². The Hall–Kier alpha value is -2.68. The molecule has 1 aliphatic carbocycles. The van der Waals surface area contributed by atoms with Gasteiger partial charge in [0, 0.05) is 62.3 Å². The number of hydrogen-bond donors (Lipinski definition) is 3. The topological polar surface area (TPSA) is 107 Å². The summed E-state index contributed by atoms with van der Waals surface area (Å²) in [6.07, 6.45) is 6.87. The van der Waals surface area contributed by atoms with Crippen molar-refractivity contribution in [2.24, 2.45) is 5.92 Å². The molecule has 222 valence electrons. The van der Waals surface area contributed by atoms with Crippen LogP contribution in [0.4, 0.5) is 5.69 Å². The molecule has 0 bridgehead atoms. The molecule has 1 saturated carbocycles. The van der Waals surface area contributed by atoms with Gasteiger partial charge in [-0.2, -0.15) is 5.26 Å². The van der Waals surface area contributed by atoms with E-state index in [1.54, 1.807) is 6.07 Å². The van der Waals surface area contributed by atoms with Crippen molar-refractivity contribution in [1.29, 1.82) is 5.26 Å². The highest BCUT2D eigenvalue weighted by molar-refractivity contribution is 5.87. The number of nitrogens with zero attached hydrogens (tertiary/aromatic N) is 5. The van der Waals surface area contributed by atoms with Gasteiger partial charge < -0.3 is 24.5 Å². The number of nitrogens with one attached hydrogen (secondary N) is 2. The maximum Gasteiger partial charge on any atom is 0.246 e. The number of rotatable bonds is 6. The summed E-state index contributed by atoms with van der Waals surface area (Å²) < 4.78 is 6.55. The Kier molecular flexibility index (Phi) is 8.00. The predicted molar refractivity (Wildman–Crippen MR) is 157 cm³/mol. The number of phenolic OH excluding ortho intramolecular Hbond substituents is 1. The molecule has 0 radical (unpaired) electrons. The van der Waals surface area contributed by atoms with Crippen LogP contribution in [-0.2, 0) is 14.9 Å². The highest BCUT2D eigenvalue weighted by Gasteiger charge is 2.52. The quantitative estimate of drug-likeness (QED) is 0.447. The first-order chi connectivity index (χ1) is 19.8. The number of carbonyl (C=O) groups excluding carboxylic acids is 1. The maximum absolute atomic E-state index is 12.6. The number of phenols is 1. The number of aromatic hydroxyl groups is 1. The summed E-state index contributed by atoms with van der Waals surface area (Å²) in [6, 6.07) is 8.61. The standard InChI is InChI=1S/C31H45N7O3/c1-4-28(40)38-15-14-37(18-21(38)10-12-32)29-24-9-11-31(20-36(3)27-8-7-23(39)16-25(27)31)17-26(24)33-30(34-29)41-19-22-6-5-13-35(22)2/h4,7-8,16,21-22,24,26,29-30,33-34,39H,1,5-6,9-11,13-15,17-20H2,2-3H3/t21-,22-,24?,26?,29?,30?,31-/m0/s1. The second-order valence-corrected chi connectivity index (χ2v) is 12.9. The van der Waals surface area contributed by atoms with E-state index in [-0.39, 0.29) is 35.9 Å². The SMILES string of the molecule is C=CC(=O)N1CCN(C2NC(OC[C@@H]3CCCN3C)NC3C[C@@]4(CCC32)CN(C)c2ccc(O)cc24)C[C@@H]1CC#N. The number of nitriles is 1. The van der Waals surface area contributed by atoms with Crippen LogP contribution >= 0.6 is 0 Å².